The Balaban J connectivity index is 5.24. The van der Waals surface area contributed by atoms with Gasteiger partial charge in [0, 0.05) is 25.7 Å². The highest BCUT2D eigenvalue weighted by Crippen LogP contribution is 2.45. The quantitative estimate of drug-likeness (QED) is 0.0222. The van der Waals surface area contributed by atoms with Crippen molar-refractivity contribution < 1.29 is 80.2 Å². The van der Waals surface area contributed by atoms with E-state index in [1.54, 1.807) is 0 Å². The Labute approximate surface area is 619 Å². The molecule has 0 rings (SSSR count). The van der Waals surface area contributed by atoms with Crippen LogP contribution in [-0.4, -0.2) is 96.7 Å². The van der Waals surface area contributed by atoms with Crippen molar-refractivity contribution in [3.8, 4) is 0 Å². The summed E-state index contributed by atoms with van der Waals surface area (Å²) < 4.78 is 68.8. The van der Waals surface area contributed by atoms with E-state index < -0.39 is 97.5 Å². The zero-order valence-electron chi connectivity index (χ0n) is 66.1. The lowest BCUT2D eigenvalue weighted by Crippen LogP contribution is -2.30. The molecule has 0 aromatic heterocycles. The van der Waals surface area contributed by atoms with Gasteiger partial charge in [0.2, 0.25) is 0 Å². The first-order valence-corrected chi connectivity index (χ1v) is 45.6. The number of phosphoric acid groups is 2. The fraction of sp³-hybridized carbons (Fsp3) is 0.951. The van der Waals surface area contributed by atoms with Crippen LogP contribution in [0.5, 0.6) is 0 Å². The Morgan fingerprint density at radius 3 is 0.673 bits per heavy atom. The van der Waals surface area contributed by atoms with Gasteiger partial charge in [-0.05, 0) is 31.6 Å². The van der Waals surface area contributed by atoms with E-state index in [-0.39, 0.29) is 25.7 Å². The number of phosphoric ester groups is 2. The van der Waals surface area contributed by atoms with Gasteiger partial charge >= 0.3 is 39.5 Å². The number of aliphatic hydroxyl groups excluding tert-OH is 1. The van der Waals surface area contributed by atoms with Crippen LogP contribution in [-0.2, 0) is 65.4 Å². The van der Waals surface area contributed by atoms with Crippen molar-refractivity contribution in [3.05, 3.63) is 0 Å². The standard InChI is InChI=1S/C82H160O17P2/c1-6-9-12-15-18-21-24-27-29-31-33-35-37-39-42-47-52-57-62-67-81(86)98-77(71-93-80(85)66-61-56-51-46-41-38-36-34-32-30-28-25-22-19-16-13-10-7-2)73-96-100(88,89)94-69-76(83)70-95-101(90,91)97-74-78(99-82(87)68-63-58-53-48-43-44-49-54-59-64-75(4)5)72-92-79(84)65-60-55-50-45-40-26-23-20-17-14-11-8-3/h75-78,83H,6-74H2,1-5H3,(H,88,89)(H,90,91)/t76-,77-,78-/m1/s1. The molecule has 0 aromatic rings. The predicted octanol–water partition coefficient (Wildman–Crippen LogP) is 24.8. The van der Waals surface area contributed by atoms with E-state index in [0.717, 1.165) is 95.8 Å². The third-order valence-corrected chi connectivity index (χ3v) is 21.2. The van der Waals surface area contributed by atoms with E-state index in [1.807, 2.05) is 0 Å². The third-order valence-electron chi connectivity index (χ3n) is 19.3. The lowest BCUT2D eigenvalue weighted by molar-refractivity contribution is -0.161. The molecule has 3 N–H and O–H groups in total. The number of rotatable bonds is 82. The molecule has 0 saturated heterocycles. The van der Waals surface area contributed by atoms with Crippen molar-refractivity contribution in [3.63, 3.8) is 0 Å². The van der Waals surface area contributed by atoms with Crippen LogP contribution in [0.3, 0.4) is 0 Å². The van der Waals surface area contributed by atoms with E-state index in [9.17, 15) is 43.2 Å². The molecule has 0 radical (unpaired) electrons. The van der Waals surface area contributed by atoms with Crippen LogP contribution in [0, 0.1) is 5.92 Å². The number of ether oxygens (including phenoxy) is 4. The Kier molecular flexibility index (Phi) is 73.5. The highest BCUT2D eigenvalue weighted by molar-refractivity contribution is 7.47. The van der Waals surface area contributed by atoms with E-state index in [1.165, 1.54) is 263 Å². The van der Waals surface area contributed by atoms with Crippen LogP contribution in [0.1, 0.15) is 439 Å². The van der Waals surface area contributed by atoms with Gasteiger partial charge in [-0.2, -0.15) is 0 Å². The summed E-state index contributed by atoms with van der Waals surface area (Å²) in [5.74, 6) is -1.37. The molecule has 0 amide bonds. The summed E-state index contributed by atoms with van der Waals surface area (Å²) >= 11 is 0. The molecule has 17 nitrogen and oxygen atoms in total. The molecular weight excluding hydrogens is 1320 g/mol. The van der Waals surface area contributed by atoms with Gasteiger partial charge in [-0.1, -0.05) is 388 Å². The largest absolute Gasteiger partial charge is 0.472 e. The molecule has 19 heteroatoms. The number of esters is 4. The number of hydrogen-bond donors (Lipinski definition) is 3. The monoisotopic (exact) mass is 1480 g/mol. The van der Waals surface area contributed by atoms with Gasteiger partial charge in [0.1, 0.15) is 19.3 Å². The smallest absolute Gasteiger partial charge is 0.462 e. The molecule has 101 heavy (non-hydrogen) atoms. The molecular formula is C82H160O17P2. The molecule has 2 unspecified atom stereocenters. The van der Waals surface area contributed by atoms with Gasteiger partial charge in [-0.15, -0.1) is 0 Å². The predicted molar refractivity (Wildman–Crippen MR) is 414 cm³/mol. The Morgan fingerprint density at radius 1 is 0.267 bits per heavy atom. The summed E-state index contributed by atoms with van der Waals surface area (Å²) in [5, 5.41) is 10.6. The van der Waals surface area contributed by atoms with Gasteiger partial charge in [0.05, 0.1) is 26.4 Å². The Hall–Kier alpha value is -1.94. The van der Waals surface area contributed by atoms with Gasteiger partial charge in [-0.3, -0.25) is 37.3 Å². The van der Waals surface area contributed by atoms with E-state index in [4.69, 9.17) is 37.0 Å². The molecule has 0 saturated carbocycles. The van der Waals surface area contributed by atoms with Crippen molar-refractivity contribution >= 4 is 39.5 Å². The molecule has 0 heterocycles. The highest BCUT2D eigenvalue weighted by Gasteiger charge is 2.30. The van der Waals surface area contributed by atoms with Gasteiger partial charge in [-0.25, -0.2) is 9.13 Å². The summed E-state index contributed by atoms with van der Waals surface area (Å²) in [4.78, 5) is 73.1. The first-order chi connectivity index (χ1) is 49.0. The minimum atomic E-state index is -4.96. The topological polar surface area (TPSA) is 237 Å². The van der Waals surface area contributed by atoms with Crippen LogP contribution in [0.25, 0.3) is 0 Å². The van der Waals surface area contributed by atoms with Crippen molar-refractivity contribution in [2.24, 2.45) is 5.92 Å². The lowest BCUT2D eigenvalue weighted by atomic mass is 10.0. The van der Waals surface area contributed by atoms with Gasteiger partial charge in [0.25, 0.3) is 0 Å². The third kappa shape index (κ3) is 76.1. The van der Waals surface area contributed by atoms with Crippen molar-refractivity contribution in [1.29, 1.82) is 0 Å². The fourth-order valence-corrected chi connectivity index (χ4v) is 14.3. The number of carbonyl (C=O) groups excluding carboxylic acids is 4. The molecule has 0 aliphatic rings. The second kappa shape index (κ2) is 74.9. The maximum Gasteiger partial charge on any atom is 0.472 e. The first kappa shape index (κ1) is 99.1. The average molecular weight is 1480 g/mol. The van der Waals surface area contributed by atoms with Crippen LogP contribution in [0.15, 0.2) is 0 Å². The molecule has 0 aromatic carbocycles. The summed E-state index contributed by atoms with van der Waals surface area (Å²) in [7, 11) is -9.92. The van der Waals surface area contributed by atoms with Crippen molar-refractivity contribution in [2.75, 3.05) is 39.6 Å². The molecule has 5 atom stereocenters. The average Bonchev–Trinajstić information content (AvgIpc) is 0.999. The van der Waals surface area contributed by atoms with Crippen LogP contribution >= 0.6 is 15.6 Å². The minimum absolute atomic E-state index is 0.106. The van der Waals surface area contributed by atoms with Crippen molar-refractivity contribution in [1.82, 2.24) is 0 Å². The zero-order chi connectivity index (χ0) is 74.1. The fourth-order valence-electron chi connectivity index (χ4n) is 12.8. The maximum atomic E-state index is 13.1. The summed E-state index contributed by atoms with van der Waals surface area (Å²) in [5.41, 5.74) is 0. The first-order valence-electron chi connectivity index (χ1n) is 42.6. The molecule has 600 valence electrons. The zero-order valence-corrected chi connectivity index (χ0v) is 67.8. The lowest BCUT2D eigenvalue weighted by Gasteiger charge is -2.21. The molecule has 0 aliphatic heterocycles. The van der Waals surface area contributed by atoms with Gasteiger partial charge in [0.15, 0.2) is 12.2 Å². The second-order valence-corrected chi connectivity index (χ2v) is 32.9. The molecule has 0 bridgehead atoms. The van der Waals surface area contributed by atoms with E-state index in [2.05, 4.69) is 34.6 Å². The van der Waals surface area contributed by atoms with Crippen LogP contribution < -0.4 is 0 Å². The number of aliphatic hydroxyl groups is 1. The van der Waals surface area contributed by atoms with Crippen molar-refractivity contribution in [2.45, 2.75) is 457 Å². The minimum Gasteiger partial charge on any atom is -0.462 e. The number of unbranched alkanes of at least 4 members (excludes halogenated alkanes) is 54. The van der Waals surface area contributed by atoms with Crippen LogP contribution in [0.2, 0.25) is 0 Å². The van der Waals surface area contributed by atoms with E-state index >= 15 is 0 Å². The summed E-state index contributed by atoms with van der Waals surface area (Å²) in [6.45, 7) is 7.31. The summed E-state index contributed by atoms with van der Waals surface area (Å²) in [6.07, 6.45) is 66.6. The summed E-state index contributed by atoms with van der Waals surface area (Å²) in [6, 6.07) is 0. The number of carbonyl (C=O) groups is 4. The molecule has 0 spiro atoms. The Morgan fingerprint density at radius 2 is 0.455 bits per heavy atom. The van der Waals surface area contributed by atoms with Gasteiger partial charge < -0.3 is 33.8 Å². The highest BCUT2D eigenvalue weighted by atomic mass is 31.2. The SMILES string of the molecule is CCCCCCCCCCCCCCCCCCCCCC(=O)O[C@H](COC(=O)CCCCCCCCCCCCCCCCCCCC)COP(=O)(O)OC[C@@H](O)COP(=O)(O)OC[C@@H](COC(=O)CCCCCCCCCCCCCC)OC(=O)CCCCCCCCCCCC(C)C. The second-order valence-electron chi connectivity index (χ2n) is 30.0. The normalized spacial score (nSPS) is 13.8. The Bertz CT molecular complexity index is 1930. The maximum absolute atomic E-state index is 13.1. The van der Waals surface area contributed by atoms with Crippen LogP contribution in [0.4, 0.5) is 0 Å². The molecule has 0 aliphatic carbocycles. The number of hydrogen-bond acceptors (Lipinski definition) is 15. The van der Waals surface area contributed by atoms with E-state index in [0.29, 0.717) is 25.7 Å². The molecule has 0 fully saturated rings.